The van der Waals surface area contributed by atoms with Crippen molar-refractivity contribution in [2.45, 2.75) is 75.5 Å². The van der Waals surface area contributed by atoms with Crippen LogP contribution in [0.25, 0.3) is 0 Å². The molecule has 0 spiro atoms. The fraction of sp³-hybridized carbons (Fsp3) is 0.444. The summed E-state index contributed by atoms with van der Waals surface area (Å²) in [7, 11) is -3.64. The van der Waals surface area contributed by atoms with E-state index in [0.717, 1.165) is 12.3 Å². The minimum absolute atomic E-state index is 0.00794. The van der Waals surface area contributed by atoms with Crippen LogP contribution >= 0.6 is 0 Å². The molecule has 11 heteroatoms. The van der Waals surface area contributed by atoms with Crippen molar-refractivity contribution in [2.24, 2.45) is 0 Å². The van der Waals surface area contributed by atoms with Gasteiger partial charge in [0, 0.05) is 18.7 Å². The van der Waals surface area contributed by atoms with Crippen LogP contribution in [0.4, 0.5) is 18.9 Å². The minimum Gasteiger partial charge on any atom is -0.380 e. The summed E-state index contributed by atoms with van der Waals surface area (Å²) >= 11 is 0. The summed E-state index contributed by atoms with van der Waals surface area (Å²) in [5, 5.41) is 31.5. The number of hydrogen-bond acceptors (Lipinski definition) is 6. The average Bonchev–Trinajstić information content (AvgIpc) is 2.78. The summed E-state index contributed by atoms with van der Waals surface area (Å²) in [4.78, 5) is 10.6. The van der Waals surface area contributed by atoms with Crippen LogP contribution in [0.3, 0.4) is 0 Å². The number of halogens is 3. The zero-order valence-electron chi connectivity index (χ0n) is 21.7. The molecule has 2 aromatic carbocycles. The van der Waals surface area contributed by atoms with Crippen LogP contribution < -0.4 is 0 Å². The van der Waals surface area contributed by atoms with Crippen LogP contribution in [0.5, 0.6) is 0 Å². The molecule has 2 aromatic rings. The van der Waals surface area contributed by atoms with Gasteiger partial charge in [0.1, 0.15) is 5.56 Å². The molecule has 0 aromatic heterocycles. The van der Waals surface area contributed by atoms with Gasteiger partial charge in [0.25, 0.3) is 5.69 Å². The van der Waals surface area contributed by atoms with Gasteiger partial charge in [-0.05, 0) is 67.0 Å². The first-order chi connectivity index (χ1) is 17.4. The fourth-order valence-electron chi connectivity index (χ4n) is 4.68. The molecule has 1 N–H and O–H groups in total. The number of benzene rings is 2. The Bertz CT molecular complexity index is 1450. The first-order valence-electron chi connectivity index (χ1n) is 11.7. The molecule has 2 rings (SSSR count). The molecule has 0 saturated heterocycles. The standard InChI is InChI=1S/C27H29F3N2O5S/c1-6-11-25(4,23-15-21(38(5,36)37)10-9-18(23)2)17-26(33,27(28,29)30)12-7-8-22-19(3)13-20(16-31)14-24(22)32(34)35/h9-10,13-15,33H,6,11-12,17H2,1-5H3. The number of aryl methyl sites for hydroxylation is 2. The molecule has 7 nitrogen and oxygen atoms in total. The van der Waals surface area contributed by atoms with Crippen LogP contribution in [-0.2, 0) is 15.3 Å². The van der Waals surface area contributed by atoms with Crippen LogP contribution in [-0.4, -0.2) is 36.5 Å². The normalized spacial score (nSPS) is 14.9. The molecule has 0 amide bonds. The maximum Gasteiger partial charge on any atom is 0.418 e. The highest BCUT2D eigenvalue weighted by molar-refractivity contribution is 7.90. The van der Waals surface area contributed by atoms with E-state index in [1.165, 1.54) is 31.2 Å². The number of aliphatic hydroxyl groups is 1. The summed E-state index contributed by atoms with van der Waals surface area (Å²) in [5.74, 6) is 4.69. The van der Waals surface area contributed by atoms with Gasteiger partial charge in [0.15, 0.2) is 15.4 Å². The zero-order valence-corrected chi connectivity index (χ0v) is 22.5. The maximum absolute atomic E-state index is 14.3. The molecule has 0 aliphatic heterocycles. The molecule has 0 bridgehead atoms. The Hall–Kier alpha value is -3.41. The van der Waals surface area contributed by atoms with Crippen molar-refractivity contribution < 1.29 is 31.6 Å². The lowest BCUT2D eigenvalue weighted by Gasteiger charge is -2.40. The van der Waals surface area contributed by atoms with Crippen LogP contribution in [0, 0.1) is 47.1 Å². The molecule has 0 aliphatic rings. The third-order valence-electron chi connectivity index (χ3n) is 6.53. The van der Waals surface area contributed by atoms with Crippen LogP contribution in [0.1, 0.15) is 67.3 Å². The molecule has 2 unspecified atom stereocenters. The number of alkyl halides is 3. The monoisotopic (exact) mass is 550 g/mol. The Morgan fingerprint density at radius 3 is 2.26 bits per heavy atom. The second-order valence-corrected chi connectivity index (χ2v) is 11.8. The number of nitro groups is 1. The molecule has 0 aliphatic carbocycles. The number of hydrogen-bond donors (Lipinski definition) is 1. The second-order valence-electron chi connectivity index (χ2n) is 9.80. The van der Waals surface area contributed by atoms with Gasteiger partial charge in [-0.15, -0.1) is 0 Å². The highest BCUT2D eigenvalue weighted by atomic mass is 32.2. The summed E-state index contributed by atoms with van der Waals surface area (Å²) in [6, 6.07) is 8.37. The van der Waals surface area contributed by atoms with Gasteiger partial charge in [-0.3, -0.25) is 10.1 Å². The predicted octanol–water partition coefficient (Wildman–Crippen LogP) is 5.67. The molecule has 204 valence electrons. The van der Waals surface area contributed by atoms with E-state index in [0.29, 0.717) is 17.5 Å². The van der Waals surface area contributed by atoms with Crippen LogP contribution in [0.15, 0.2) is 35.2 Å². The van der Waals surface area contributed by atoms with Crippen molar-refractivity contribution in [3.8, 4) is 17.9 Å². The van der Waals surface area contributed by atoms with Crippen molar-refractivity contribution in [3.05, 3.63) is 68.3 Å². The third kappa shape index (κ3) is 6.72. The van der Waals surface area contributed by atoms with Gasteiger partial charge in [-0.2, -0.15) is 18.4 Å². The molecular weight excluding hydrogens is 521 g/mol. The molecule has 0 saturated carbocycles. The first-order valence-corrected chi connectivity index (χ1v) is 13.6. The fourth-order valence-corrected chi connectivity index (χ4v) is 5.33. The van der Waals surface area contributed by atoms with E-state index in [1.807, 2.05) is 0 Å². The topological polar surface area (TPSA) is 121 Å². The Morgan fingerprint density at radius 1 is 1.13 bits per heavy atom. The van der Waals surface area contributed by atoms with E-state index in [-0.39, 0.29) is 28.0 Å². The maximum atomic E-state index is 14.3. The molecule has 0 radical (unpaired) electrons. The predicted molar refractivity (Wildman–Crippen MR) is 136 cm³/mol. The lowest BCUT2D eigenvalue weighted by atomic mass is 9.69. The Kier molecular flexibility index (Phi) is 9.03. The highest BCUT2D eigenvalue weighted by Gasteiger charge is 2.56. The number of nitrogens with zero attached hydrogens (tertiary/aromatic N) is 2. The summed E-state index contributed by atoms with van der Waals surface area (Å²) in [5.41, 5.74) is -4.05. The van der Waals surface area contributed by atoms with E-state index in [1.54, 1.807) is 26.8 Å². The number of sulfone groups is 1. The molecule has 38 heavy (non-hydrogen) atoms. The van der Waals surface area contributed by atoms with Crippen molar-refractivity contribution in [3.63, 3.8) is 0 Å². The largest absolute Gasteiger partial charge is 0.418 e. The quantitative estimate of drug-likeness (QED) is 0.257. The summed E-state index contributed by atoms with van der Waals surface area (Å²) in [6.45, 7) is 6.43. The highest BCUT2D eigenvalue weighted by Crippen LogP contribution is 2.46. The SMILES string of the molecule is CCCC(C)(CC(O)(CC#Cc1c(C)cc(C#N)cc1[N+](=O)[O-])C(F)(F)F)c1cc(S(C)(=O)=O)ccc1C. The van der Waals surface area contributed by atoms with Crippen LogP contribution in [0.2, 0.25) is 0 Å². The van der Waals surface area contributed by atoms with Crippen molar-refractivity contribution in [1.82, 2.24) is 0 Å². The zero-order chi connectivity index (χ0) is 29.1. The molecule has 0 fully saturated rings. The smallest absolute Gasteiger partial charge is 0.380 e. The van der Waals surface area contributed by atoms with Gasteiger partial charge in [-0.1, -0.05) is 38.2 Å². The number of nitro benzene ring substituents is 1. The van der Waals surface area contributed by atoms with Gasteiger partial charge < -0.3 is 5.11 Å². The Balaban J connectivity index is 2.62. The lowest BCUT2D eigenvalue weighted by Crippen LogP contribution is -2.49. The van der Waals surface area contributed by atoms with Crippen molar-refractivity contribution in [1.29, 1.82) is 5.26 Å². The molecular formula is C27H29F3N2O5S. The summed E-state index contributed by atoms with van der Waals surface area (Å²) in [6.07, 6.45) is -5.32. The molecule has 2 atom stereocenters. The van der Waals surface area contributed by atoms with Gasteiger partial charge in [-0.25, -0.2) is 8.42 Å². The van der Waals surface area contributed by atoms with E-state index < -0.39 is 50.5 Å². The van der Waals surface area contributed by atoms with E-state index in [2.05, 4.69) is 11.8 Å². The second kappa shape index (κ2) is 11.1. The van der Waals surface area contributed by atoms with Crippen molar-refractivity contribution in [2.75, 3.05) is 6.26 Å². The third-order valence-corrected chi connectivity index (χ3v) is 7.64. The lowest BCUT2D eigenvalue weighted by molar-refractivity contribution is -0.385. The summed E-state index contributed by atoms with van der Waals surface area (Å²) < 4.78 is 67.2. The Morgan fingerprint density at radius 2 is 1.76 bits per heavy atom. The van der Waals surface area contributed by atoms with Gasteiger partial charge >= 0.3 is 6.18 Å². The molecule has 0 heterocycles. The minimum atomic E-state index is -5.11. The van der Waals surface area contributed by atoms with Gasteiger partial charge in [0.2, 0.25) is 0 Å². The average molecular weight is 551 g/mol. The number of rotatable bonds is 8. The van der Waals surface area contributed by atoms with E-state index >= 15 is 0 Å². The van der Waals surface area contributed by atoms with E-state index in [9.17, 15) is 36.8 Å². The number of nitriles is 1. The first kappa shape index (κ1) is 30.8. The van der Waals surface area contributed by atoms with Gasteiger partial charge in [0.05, 0.1) is 21.5 Å². The van der Waals surface area contributed by atoms with E-state index in [4.69, 9.17) is 5.26 Å². The van der Waals surface area contributed by atoms with Crippen molar-refractivity contribution >= 4 is 15.5 Å². The Labute approximate surface area is 220 Å².